The van der Waals surface area contributed by atoms with Gasteiger partial charge in [0.25, 0.3) is 11.8 Å². The molecule has 1 heterocycles. The van der Waals surface area contributed by atoms with Gasteiger partial charge in [-0.25, -0.2) is 4.39 Å². The fourth-order valence-corrected chi connectivity index (χ4v) is 2.18. The molecule has 6 nitrogen and oxygen atoms in total. The van der Waals surface area contributed by atoms with E-state index in [2.05, 4.69) is 10.6 Å². The Labute approximate surface area is 137 Å². The summed E-state index contributed by atoms with van der Waals surface area (Å²) in [5.74, 6) is 0.161. The summed E-state index contributed by atoms with van der Waals surface area (Å²) in [7, 11) is 0. The lowest BCUT2D eigenvalue weighted by Crippen LogP contribution is -2.29. The Balaban J connectivity index is 1.50. The first-order valence-electron chi connectivity index (χ1n) is 7.35. The van der Waals surface area contributed by atoms with E-state index in [4.69, 9.17) is 9.47 Å². The van der Waals surface area contributed by atoms with E-state index in [1.54, 1.807) is 18.2 Å². The minimum Gasteiger partial charge on any atom is -0.492 e. The molecule has 0 saturated carbocycles. The van der Waals surface area contributed by atoms with Crippen LogP contribution >= 0.6 is 0 Å². The van der Waals surface area contributed by atoms with Gasteiger partial charge in [0.2, 0.25) is 0 Å². The van der Waals surface area contributed by atoms with E-state index in [-0.39, 0.29) is 30.8 Å². The maximum atomic E-state index is 12.8. The zero-order valence-electron chi connectivity index (χ0n) is 12.7. The van der Waals surface area contributed by atoms with Crippen LogP contribution < -0.4 is 20.1 Å². The van der Waals surface area contributed by atoms with Gasteiger partial charge in [0.1, 0.15) is 23.9 Å². The van der Waals surface area contributed by atoms with Crippen LogP contribution in [-0.2, 0) is 4.79 Å². The topological polar surface area (TPSA) is 76.7 Å². The Morgan fingerprint density at radius 1 is 1.25 bits per heavy atom. The highest BCUT2D eigenvalue weighted by Crippen LogP contribution is 2.28. The highest BCUT2D eigenvalue weighted by atomic mass is 19.1. The Bertz CT molecular complexity index is 762. The van der Waals surface area contributed by atoms with Crippen molar-refractivity contribution in [2.75, 3.05) is 25.1 Å². The molecule has 2 N–H and O–H groups in total. The molecule has 0 unspecified atom stereocenters. The van der Waals surface area contributed by atoms with Crippen LogP contribution in [0.3, 0.4) is 0 Å². The lowest BCUT2D eigenvalue weighted by atomic mass is 10.1. The molecular weight excluding hydrogens is 315 g/mol. The quantitative estimate of drug-likeness (QED) is 0.822. The van der Waals surface area contributed by atoms with Crippen LogP contribution in [0.5, 0.6) is 11.5 Å². The van der Waals surface area contributed by atoms with Gasteiger partial charge in [0, 0.05) is 5.56 Å². The van der Waals surface area contributed by atoms with Crippen LogP contribution in [0.2, 0.25) is 0 Å². The maximum absolute atomic E-state index is 12.8. The van der Waals surface area contributed by atoms with Crippen molar-refractivity contribution in [3.05, 3.63) is 53.8 Å². The zero-order chi connectivity index (χ0) is 16.9. The van der Waals surface area contributed by atoms with Crippen molar-refractivity contribution in [3.8, 4) is 11.5 Å². The maximum Gasteiger partial charge on any atom is 0.262 e. The number of hydrogen-bond acceptors (Lipinski definition) is 4. The van der Waals surface area contributed by atoms with E-state index in [0.29, 0.717) is 29.3 Å². The van der Waals surface area contributed by atoms with Crippen LogP contribution in [0.15, 0.2) is 42.5 Å². The summed E-state index contributed by atoms with van der Waals surface area (Å²) in [4.78, 5) is 23.3. The molecule has 0 atom stereocenters. The van der Waals surface area contributed by atoms with Crippen LogP contribution in [-0.4, -0.2) is 31.6 Å². The SMILES string of the molecule is O=C1COc2cc(C(=O)NCCOc3ccc(F)cc3)ccc2N1. The molecule has 1 aliphatic rings. The predicted molar refractivity (Wildman–Crippen MR) is 84.8 cm³/mol. The number of rotatable bonds is 5. The van der Waals surface area contributed by atoms with Gasteiger partial charge in [-0.2, -0.15) is 0 Å². The van der Waals surface area contributed by atoms with E-state index in [1.807, 2.05) is 0 Å². The molecule has 124 valence electrons. The van der Waals surface area contributed by atoms with E-state index in [1.165, 1.54) is 24.3 Å². The monoisotopic (exact) mass is 330 g/mol. The fraction of sp³-hybridized carbons (Fsp3) is 0.176. The summed E-state index contributed by atoms with van der Waals surface area (Å²) >= 11 is 0. The minimum absolute atomic E-state index is 0.0659. The van der Waals surface area contributed by atoms with E-state index >= 15 is 0 Å². The van der Waals surface area contributed by atoms with Crippen LogP contribution in [0.25, 0.3) is 0 Å². The molecule has 2 aromatic rings. The highest BCUT2D eigenvalue weighted by molar-refractivity contribution is 5.98. The summed E-state index contributed by atoms with van der Waals surface area (Å²) in [5, 5.41) is 5.37. The molecule has 1 aliphatic heterocycles. The number of amides is 2. The van der Waals surface area contributed by atoms with Crippen LogP contribution in [0.4, 0.5) is 10.1 Å². The van der Waals surface area contributed by atoms with Gasteiger partial charge in [0.05, 0.1) is 12.2 Å². The summed E-state index contributed by atoms with van der Waals surface area (Å²) in [5.41, 5.74) is 0.967. The average molecular weight is 330 g/mol. The Morgan fingerprint density at radius 2 is 2.04 bits per heavy atom. The summed E-state index contributed by atoms with van der Waals surface area (Å²) < 4.78 is 23.4. The molecule has 0 aromatic heterocycles. The van der Waals surface area contributed by atoms with Gasteiger partial charge in [-0.15, -0.1) is 0 Å². The second-order valence-corrected chi connectivity index (χ2v) is 5.11. The summed E-state index contributed by atoms with van der Waals surface area (Å²) in [6.45, 7) is 0.489. The second kappa shape index (κ2) is 6.99. The summed E-state index contributed by atoms with van der Waals surface area (Å²) in [6, 6.07) is 10.4. The molecule has 2 aromatic carbocycles. The molecule has 7 heteroatoms. The fourth-order valence-electron chi connectivity index (χ4n) is 2.18. The Hall–Kier alpha value is -3.09. The molecule has 2 amide bonds. The third-order valence-corrected chi connectivity index (χ3v) is 3.35. The van der Waals surface area contributed by atoms with Gasteiger partial charge in [-0.05, 0) is 42.5 Å². The molecule has 0 bridgehead atoms. The number of nitrogens with one attached hydrogen (secondary N) is 2. The lowest BCUT2D eigenvalue weighted by molar-refractivity contribution is -0.118. The molecule has 0 fully saturated rings. The number of anilines is 1. The third-order valence-electron chi connectivity index (χ3n) is 3.35. The predicted octanol–water partition coefficient (Wildman–Crippen LogP) is 1.97. The van der Waals surface area contributed by atoms with E-state index in [0.717, 1.165) is 0 Å². The second-order valence-electron chi connectivity index (χ2n) is 5.11. The number of benzene rings is 2. The number of carbonyl (C=O) groups excluding carboxylic acids is 2. The number of ether oxygens (including phenoxy) is 2. The van der Waals surface area contributed by atoms with Crippen molar-refractivity contribution in [2.45, 2.75) is 0 Å². The van der Waals surface area contributed by atoms with Crippen LogP contribution in [0, 0.1) is 5.82 Å². The molecule has 0 spiro atoms. The largest absolute Gasteiger partial charge is 0.492 e. The number of hydrogen-bond donors (Lipinski definition) is 2. The molecular formula is C17H15FN2O4. The van der Waals surface area contributed by atoms with Crippen molar-refractivity contribution < 1.29 is 23.5 Å². The smallest absolute Gasteiger partial charge is 0.262 e. The van der Waals surface area contributed by atoms with Gasteiger partial charge in [-0.3, -0.25) is 9.59 Å². The first-order valence-corrected chi connectivity index (χ1v) is 7.35. The van der Waals surface area contributed by atoms with Gasteiger partial charge >= 0.3 is 0 Å². The van der Waals surface area contributed by atoms with Crippen molar-refractivity contribution in [3.63, 3.8) is 0 Å². The first kappa shape index (κ1) is 15.8. The standard InChI is InChI=1S/C17H15FN2O4/c18-12-2-4-13(5-3-12)23-8-7-19-17(22)11-1-6-14-15(9-11)24-10-16(21)20-14/h1-6,9H,7-8,10H2,(H,19,22)(H,20,21). The number of carbonyl (C=O) groups is 2. The highest BCUT2D eigenvalue weighted by Gasteiger charge is 2.17. The van der Waals surface area contributed by atoms with Gasteiger partial charge in [0.15, 0.2) is 6.61 Å². The normalized spacial score (nSPS) is 12.6. The van der Waals surface area contributed by atoms with E-state index < -0.39 is 0 Å². The lowest BCUT2D eigenvalue weighted by Gasteiger charge is -2.18. The Morgan fingerprint density at radius 3 is 2.83 bits per heavy atom. The molecule has 0 aliphatic carbocycles. The molecule has 0 saturated heterocycles. The third kappa shape index (κ3) is 3.81. The zero-order valence-corrected chi connectivity index (χ0v) is 12.7. The minimum atomic E-state index is -0.332. The number of fused-ring (bicyclic) bond motifs is 1. The van der Waals surface area contributed by atoms with Crippen molar-refractivity contribution in [1.82, 2.24) is 5.32 Å². The number of halogens is 1. The van der Waals surface area contributed by atoms with Crippen LogP contribution in [0.1, 0.15) is 10.4 Å². The first-order chi connectivity index (χ1) is 11.6. The molecule has 0 radical (unpaired) electrons. The Kier molecular flexibility index (Phi) is 4.60. The average Bonchev–Trinajstić information content (AvgIpc) is 2.59. The molecule has 24 heavy (non-hydrogen) atoms. The van der Waals surface area contributed by atoms with E-state index in [9.17, 15) is 14.0 Å². The summed E-state index contributed by atoms with van der Waals surface area (Å²) in [6.07, 6.45) is 0. The molecule has 3 rings (SSSR count). The van der Waals surface area contributed by atoms with Gasteiger partial charge in [-0.1, -0.05) is 0 Å². The van der Waals surface area contributed by atoms with Gasteiger partial charge < -0.3 is 20.1 Å². The van der Waals surface area contributed by atoms with Crippen molar-refractivity contribution in [1.29, 1.82) is 0 Å². The van der Waals surface area contributed by atoms with Crippen molar-refractivity contribution in [2.24, 2.45) is 0 Å². The van der Waals surface area contributed by atoms with Crippen molar-refractivity contribution >= 4 is 17.5 Å².